The van der Waals surface area contributed by atoms with E-state index in [0.717, 1.165) is 31.5 Å². The lowest BCUT2D eigenvalue weighted by atomic mass is 9.96. The molecule has 5 nitrogen and oxygen atoms in total. The van der Waals surface area contributed by atoms with Gasteiger partial charge in [-0.05, 0) is 49.2 Å². The topological polar surface area (TPSA) is 61.8 Å². The maximum atomic E-state index is 13.1. The van der Waals surface area contributed by atoms with E-state index >= 15 is 0 Å². The fourth-order valence-electron chi connectivity index (χ4n) is 3.58. The number of fused-ring (bicyclic) bond motifs is 1. The Bertz CT molecular complexity index is 942. The third kappa shape index (κ3) is 3.50. The van der Waals surface area contributed by atoms with Crippen molar-refractivity contribution in [3.05, 3.63) is 59.9 Å². The minimum absolute atomic E-state index is 0.0346. The van der Waals surface area contributed by atoms with Gasteiger partial charge in [-0.15, -0.1) is 4.40 Å². The minimum atomic E-state index is -3.66. The van der Waals surface area contributed by atoms with Crippen molar-refractivity contribution in [3.63, 3.8) is 0 Å². The van der Waals surface area contributed by atoms with E-state index in [1.165, 1.54) is 12.1 Å². The molecule has 1 fully saturated rings. The largest absolute Gasteiger partial charge is 0.342 e. The van der Waals surface area contributed by atoms with E-state index in [9.17, 15) is 12.8 Å². The first-order chi connectivity index (χ1) is 12.5. The Hall–Kier alpha value is -2.25. The summed E-state index contributed by atoms with van der Waals surface area (Å²) in [5, 5.41) is 3.21. The van der Waals surface area contributed by atoms with Crippen LogP contribution in [0.15, 0.2) is 57.8 Å². The molecule has 1 atom stereocenters. The number of amidine groups is 1. The van der Waals surface area contributed by atoms with Crippen LogP contribution in [0.2, 0.25) is 0 Å². The first-order valence-corrected chi connectivity index (χ1v) is 10.1. The highest BCUT2D eigenvalue weighted by Crippen LogP contribution is 2.30. The zero-order valence-corrected chi connectivity index (χ0v) is 15.0. The highest BCUT2D eigenvalue weighted by molar-refractivity contribution is 7.90. The van der Waals surface area contributed by atoms with Gasteiger partial charge in [-0.25, -0.2) is 4.39 Å². The van der Waals surface area contributed by atoms with Crippen LogP contribution in [0.4, 0.5) is 10.1 Å². The number of likely N-dealkylation sites (tertiary alicyclic amines) is 1. The summed E-state index contributed by atoms with van der Waals surface area (Å²) in [5.74, 6) is 0.315. The summed E-state index contributed by atoms with van der Waals surface area (Å²) in [4.78, 5) is 2.49. The van der Waals surface area contributed by atoms with Crippen LogP contribution >= 0.6 is 0 Å². The molecule has 1 unspecified atom stereocenters. The monoisotopic (exact) mass is 373 g/mol. The molecule has 1 saturated heterocycles. The Labute approximate surface area is 152 Å². The number of benzene rings is 2. The number of nitrogens with zero attached hydrogens (tertiary/aromatic N) is 2. The van der Waals surface area contributed by atoms with Crippen molar-refractivity contribution in [2.45, 2.75) is 24.3 Å². The second kappa shape index (κ2) is 6.81. The number of halogens is 1. The fourth-order valence-corrected chi connectivity index (χ4v) is 4.78. The van der Waals surface area contributed by atoms with Gasteiger partial charge >= 0.3 is 0 Å². The van der Waals surface area contributed by atoms with Crippen molar-refractivity contribution >= 4 is 21.5 Å². The molecule has 26 heavy (non-hydrogen) atoms. The minimum Gasteiger partial charge on any atom is -0.342 e. The summed E-state index contributed by atoms with van der Waals surface area (Å²) >= 11 is 0. The number of sulfonamides is 1. The highest BCUT2D eigenvalue weighted by atomic mass is 32.2. The van der Waals surface area contributed by atoms with Crippen LogP contribution in [0.5, 0.6) is 0 Å². The predicted octanol–water partition coefficient (Wildman–Crippen LogP) is 3.25. The second-order valence-electron chi connectivity index (χ2n) is 6.77. The number of nitrogens with one attached hydrogen (secondary N) is 1. The number of rotatable bonds is 3. The molecule has 2 heterocycles. The van der Waals surface area contributed by atoms with Crippen molar-refractivity contribution in [1.82, 2.24) is 4.90 Å². The van der Waals surface area contributed by atoms with Crippen molar-refractivity contribution < 1.29 is 12.8 Å². The Morgan fingerprint density at radius 2 is 1.92 bits per heavy atom. The maximum Gasteiger partial charge on any atom is 0.286 e. The van der Waals surface area contributed by atoms with Crippen LogP contribution < -0.4 is 5.32 Å². The Balaban J connectivity index is 1.51. The van der Waals surface area contributed by atoms with Gasteiger partial charge in [0.2, 0.25) is 0 Å². The van der Waals surface area contributed by atoms with Crippen LogP contribution in [0.1, 0.15) is 18.4 Å². The van der Waals surface area contributed by atoms with Gasteiger partial charge in [0.15, 0.2) is 0 Å². The molecule has 0 radical (unpaired) electrons. The number of anilines is 1. The smallest absolute Gasteiger partial charge is 0.286 e. The predicted molar refractivity (Wildman–Crippen MR) is 99.1 cm³/mol. The molecular formula is C19H20FN3O2S. The van der Waals surface area contributed by atoms with Crippen LogP contribution in [0, 0.1) is 11.7 Å². The maximum absolute atomic E-state index is 13.1. The molecule has 0 amide bonds. The molecule has 7 heteroatoms. The van der Waals surface area contributed by atoms with E-state index in [1.807, 2.05) is 6.07 Å². The molecule has 2 aliphatic rings. The van der Waals surface area contributed by atoms with Crippen molar-refractivity contribution in [1.29, 1.82) is 0 Å². The molecule has 1 N–H and O–H groups in total. The van der Waals surface area contributed by atoms with Crippen molar-refractivity contribution in [3.8, 4) is 0 Å². The normalized spacial score (nSPS) is 22.2. The average molecular weight is 373 g/mol. The Kier molecular flexibility index (Phi) is 4.50. The molecule has 0 bridgehead atoms. The quantitative estimate of drug-likeness (QED) is 0.897. The molecule has 4 rings (SSSR count). The lowest BCUT2D eigenvalue weighted by Crippen LogP contribution is -2.41. The van der Waals surface area contributed by atoms with Gasteiger partial charge in [0.1, 0.15) is 16.5 Å². The van der Waals surface area contributed by atoms with Crippen LogP contribution in [-0.2, 0) is 16.6 Å². The van der Waals surface area contributed by atoms with E-state index in [0.29, 0.717) is 18.1 Å². The zero-order valence-electron chi connectivity index (χ0n) is 14.2. The number of hydrogen-bond donors (Lipinski definition) is 1. The first-order valence-electron chi connectivity index (χ1n) is 8.69. The lowest BCUT2D eigenvalue weighted by molar-refractivity contribution is 0.196. The average Bonchev–Trinajstić information content (AvgIpc) is 2.63. The van der Waals surface area contributed by atoms with Gasteiger partial charge < -0.3 is 5.32 Å². The Morgan fingerprint density at radius 1 is 1.15 bits per heavy atom. The zero-order chi connectivity index (χ0) is 18.1. The van der Waals surface area contributed by atoms with E-state index in [-0.39, 0.29) is 16.6 Å². The van der Waals surface area contributed by atoms with E-state index in [1.54, 1.807) is 30.3 Å². The molecule has 2 aromatic carbocycles. The standard InChI is InChI=1S/C19H20FN3O2S/c20-16-9-7-14(8-10-16)12-23-11-3-4-15(13-23)19-21-17-5-1-2-6-18(17)26(24,25)22-19/h1-2,5-10,15H,3-4,11-13H2,(H,21,22). The molecule has 2 aliphatic heterocycles. The van der Waals surface area contributed by atoms with Gasteiger partial charge in [-0.3, -0.25) is 4.90 Å². The highest BCUT2D eigenvalue weighted by Gasteiger charge is 2.31. The number of para-hydroxylation sites is 1. The van der Waals surface area contributed by atoms with Gasteiger partial charge in [0.05, 0.1) is 5.69 Å². The van der Waals surface area contributed by atoms with Crippen LogP contribution in [0.25, 0.3) is 0 Å². The fraction of sp³-hybridized carbons (Fsp3) is 0.316. The summed E-state index contributed by atoms with van der Waals surface area (Å²) in [6.07, 6.45) is 1.86. The van der Waals surface area contributed by atoms with E-state index in [2.05, 4.69) is 14.6 Å². The summed E-state index contributed by atoms with van der Waals surface area (Å²) < 4.78 is 42.0. The molecule has 0 saturated carbocycles. The molecule has 0 aromatic heterocycles. The molecule has 0 aliphatic carbocycles. The summed E-state index contributed by atoms with van der Waals surface area (Å²) in [6, 6.07) is 13.3. The third-order valence-corrected chi connectivity index (χ3v) is 6.21. The number of piperidine rings is 1. The second-order valence-corrected chi connectivity index (χ2v) is 8.35. The third-order valence-electron chi connectivity index (χ3n) is 4.86. The molecule has 0 spiro atoms. The molecule has 136 valence electrons. The van der Waals surface area contributed by atoms with Crippen LogP contribution in [-0.4, -0.2) is 32.2 Å². The summed E-state index contributed by atoms with van der Waals surface area (Å²) in [7, 11) is -3.66. The van der Waals surface area contributed by atoms with Crippen LogP contribution in [0.3, 0.4) is 0 Å². The van der Waals surface area contributed by atoms with Gasteiger partial charge in [0, 0.05) is 19.0 Å². The first kappa shape index (κ1) is 17.2. The van der Waals surface area contributed by atoms with Gasteiger partial charge in [0.25, 0.3) is 10.0 Å². The number of hydrogen-bond acceptors (Lipinski definition) is 4. The van der Waals surface area contributed by atoms with Gasteiger partial charge in [-0.2, -0.15) is 8.42 Å². The van der Waals surface area contributed by atoms with E-state index < -0.39 is 10.0 Å². The van der Waals surface area contributed by atoms with Crippen molar-refractivity contribution in [2.24, 2.45) is 10.3 Å². The summed E-state index contributed by atoms with van der Waals surface area (Å²) in [5.41, 5.74) is 1.64. The van der Waals surface area contributed by atoms with E-state index in [4.69, 9.17) is 0 Å². The SMILES string of the molecule is O=S1(=O)N=C(C2CCCN(Cc3ccc(F)cc3)C2)Nc2ccccc21. The Morgan fingerprint density at radius 3 is 2.73 bits per heavy atom. The lowest BCUT2D eigenvalue weighted by Gasteiger charge is -2.34. The van der Waals surface area contributed by atoms with Crippen molar-refractivity contribution in [2.75, 3.05) is 18.4 Å². The molecular weight excluding hydrogens is 353 g/mol. The van der Waals surface area contributed by atoms with Gasteiger partial charge in [-0.1, -0.05) is 24.3 Å². The molecule has 2 aromatic rings. The summed E-state index contributed by atoms with van der Waals surface area (Å²) in [6.45, 7) is 2.37.